The van der Waals surface area contributed by atoms with Gasteiger partial charge in [0.15, 0.2) is 0 Å². The first-order valence-electron chi connectivity index (χ1n) is 8.28. The van der Waals surface area contributed by atoms with Crippen LogP contribution >= 0.6 is 23.2 Å². The summed E-state index contributed by atoms with van der Waals surface area (Å²) < 4.78 is 18.7. The first-order chi connectivity index (χ1) is 13.1. The second-order valence-corrected chi connectivity index (χ2v) is 6.60. The van der Waals surface area contributed by atoms with Gasteiger partial charge in [-0.3, -0.25) is 0 Å². The fraction of sp³-hybridized carbons (Fsp3) is 0.0952. The van der Waals surface area contributed by atoms with Gasteiger partial charge < -0.3 is 10.2 Å². The number of nitrogens with zero attached hydrogens (tertiary/aromatic N) is 1. The molecule has 0 saturated heterocycles. The Labute approximate surface area is 167 Å². The molecule has 3 aromatic rings. The molecular weight excluding hydrogens is 386 g/mol. The minimum absolute atomic E-state index is 0.262. The first kappa shape index (κ1) is 19.2. The van der Waals surface area contributed by atoms with E-state index in [9.17, 15) is 4.39 Å². The molecule has 0 amide bonds. The third kappa shape index (κ3) is 5.71. The van der Waals surface area contributed by atoms with Gasteiger partial charge in [-0.15, -0.1) is 0 Å². The number of rotatable bonds is 7. The fourth-order valence-electron chi connectivity index (χ4n) is 2.38. The van der Waals surface area contributed by atoms with Crippen LogP contribution < -0.4 is 10.2 Å². The van der Waals surface area contributed by atoms with E-state index in [4.69, 9.17) is 27.9 Å². The summed E-state index contributed by atoms with van der Waals surface area (Å²) in [4.78, 5) is 0. The lowest BCUT2D eigenvalue weighted by Crippen LogP contribution is -2.06. The van der Waals surface area contributed by atoms with E-state index in [0.29, 0.717) is 28.9 Å². The molecule has 0 bridgehead atoms. The molecule has 138 valence electrons. The molecule has 6 heteroatoms. The number of ether oxygens (including phenoxy) is 1. The number of halogens is 3. The molecule has 27 heavy (non-hydrogen) atoms. The summed E-state index contributed by atoms with van der Waals surface area (Å²) in [5, 5.41) is 5.40. The van der Waals surface area contributed by atoms with Gasteiger partial charge in [0.2, 0.25) is 0 Å². The lowest BCUT2D eigenvalue weighted by molar-refractivity contribution is 0.306. The number of hydrazone groups is 1. The van der Waals surface area contributed by atoms with Crippen LogP contribution in [0.2, 0.25) is 10.0 Å². The molecule has 0 spiro atoms. The van der Waals surface area contributed by atoms with Crippen molar-refractivity contribution in [2.45, 2.75) is 13.2 Å². The van der Waals surface area contributed by atoms with Gasteiger partial charge in [-0.2, -0.15) is 5.10 Å². The average Bonchev–Trinajstić information content (AvgIpc) is 2.67. The van der Waals surface area contributed by atoms with Crippen molar-refractivity contribution in [2.24, 2.45) is 5.10 Å². The van der Waals surface area contributed by atoms with Gasteiger partial charge in [0, 0.05) is 15.6 Å². The van der Waals surface area contributed by atoms with Crippen molar-refractivity contribution in [3.8, 4) is 5.75 Å². The van der Waals surface area contributed by atoms with Crippen LogP contribution in [0.15, 0.2) is 71.8 Å². The number of hydrogen-bond acceptors (Lipinski definition) is 3. The summed E-state index contributed by atoms with van der Waals surface area (Å²) in [5.74, 6) is 0.444. The number of benzene rings is 3. The van der Waals surface area contributed by atoms with E-state index in [-0.39, 0.29) is 5.82 Å². The highest BCUT2D eigenvalue weighted by molar-refractivity contribution is 6.35. The molecule has 3 rings (SSSR count). The van der Waals surface area contributed by atoms with E-state index in [2.05, 4.69) is 10.5 Å². The Morgan fingerprint density at radius 1 is 0.963 bits per heavy atom. The predicted octanol–water partition coefficient (Wildman–Crippen LogP) is 5.84. The average molecular weight is 403 g/mol. The normalized spacial score (nSPS) is 10.9. The molecule has 0 aromatic heterocycles. The molecule has 1 N–H and O–H groups in total. The van der Waals surface area contributed by atoms with Crippen LogP contribution in [0, 0.1) is 5.82 Å². The topological polar surface area (TPSA) is 33.6 Å². The second-order valence-electron chi connectivity index (χ2n) is 5.78. The van der Waals surface area contributed by atoms with E-state index >= 15 is 0 Å². The zero-order chi connectivity index (χ0) is 19.1. The molecule has 0 saturated carbocycles. The lowest BCUT2D eigenvalue weighted by Gasteiger charge is -2.07. The van der Waals surface area contributed by atoms with Crippen LogP contribution in [-0.4, -0.2) is 6.21 Å². The molecule has 0 aliphatic carbocycles. The van der Waals surface area contributed by atoms with Crippen molar-refractivity contribution in [2.75, 3.05) is 0 Å². The van der Waals surface area contributed by atoms with Crippen molar-refractivity contribution in [1.82, 2.24) is 5.43 Å². The van der Waals surface area contributed by atoms with E-state index in [1.54, 1.807) is 36.5 Å². The summed E-state index contributed by atoms with van der Waals surface area (Å²) in [7, 11) is 0. The maximum Gasteiger partial charge on any atom is 0.123 e. The van der Waals surface area contributed by atoms with Gasteiger partial charge >= 0.3 is 0 Å². The van der Waals surface area contributed by atoms with Gasteiger partial charge in [0.25, 0.3) is 0 Å². The Kier molecular flexibility index (Phi) is 6.69. The third-order valence-electron chi connectivity index (χ3n) is 3.80. The Morgan fingerprint density at radius 3 is 2.41 bits per heavy atom. The monoisotopic (exact) mass is 402 g/mol. The lowest BCUT2D eigenvalue weighted by atomic mass is 10.2. The quantitative estimate of drug-likeness (QED) is 0.398. The van der Waals surface area contributed by atoms with Crippen LogP contribution in [0.5, 0.6) is 5.75 Å². The third-order valence-corrected chi connectivity index (χ3v) is 4.51. The Hall–Kier alpha value is -2.56. The highest BCUT2D eigenvalue weighted by atomic mass is 35.5. The van der Waals surface area contributed by atoms with Crippen LogP contribution in [0.3, 0.4) is 0 Å². The van der Waals surface area contributed by atoms with Crippen LogP contribution in [0.4, 0.5) is 4.39 Å². The van der Waals surface area contributed by atoms with Crippen LogP contribution in [-0.2, 0) is 13.2 Å². The van der Waals surface area contributed by atoms with Gasteiger partial charge in [0.05, 0.1) is 12.8 Å². The van der Waals surface area contributed by atoms with E-state index in [1.165, 1.54) is 12.1 Å². The molecule has 0 unspecified atom stereocenters. The molecule has 0 fully saturated rings. The fourth-order valence-corrected chi connectivity index (χ4v) is 2.91. The highest BCUT2D eigenvalue weighted by Gasteiger charge is 2.03. The van der Waals surface area contributed by atoms with Crippen molar-refractivity contribution >= 4 is 29.4 Å². The van der Waals surface area contributed by atoms with Crippen LogP contribution in [0.1, 0.15) is 16.7 Å². The summed E-state index contributed by atoms with van der Waals surface area (Å²) in [5.41, 5.74) is 5.52. The molecule has 0 heterocycles. The zero-order valence-electron chi connectivity index (χ0n) is 14.3. The summed E-state index contributed by atoms with van der Waals surface area (Å²) in [6.45, 7) is 0.792. The van der Waals surface area contributed by atoms with E-state index < -0.39 is 0 Å². The maximum absolute atomic E-state index is 12.9. The number of nitrogens with one attached hydrogen (secondary N) is 1. The Balaban J connectivity index is 1.55. The van der Waals surface area contributed by atoms with Gasteiger partial charge in [-0.05, 0) is 47.5 Å². The molecular formula is C21H17Cl2FN2O. The van der Waals surface area contributed by atoms with Gasteiger partial charge in [-0.25, -0.2) is 4.39 Å². The maximum atomic E-state index is 12.9. The first-order valence-corrected chi connectivity index (χ1v) is 9.03. The largest absolute Gasteiger partial charge is 0.489 e. The predicted molar refractivity (Wildman–Crippen MR) is 108 cm³/mol. The minimum Gasteiger partial charge on any atom is -0.489 e. The smallest absolute Gasteiger partial charge is 0.123 e. The molecule has 0 atom stereocenters. The standard InChI is InChI=1S/C21H17Cl2FN2O/c22-20-5-2-6-21(23)19(20)13-26-25-12-16-3-1-4-18(11-16)27-14-15-7-9-17(24)10-8-15/h1-12,26H,13-14H2/b25-12-. The van der Waals surface area contributed by atoms with Gasteiger partial charge in [0.1, 0.15) is 18.2 Å². The molecule has 0 radical (unpaired) electrons. The van der Waals surface area contributed by atoms with E-state index in [0.717, 1.165) is 16.7 Å². The van der Waals surface area contributed by atoms with E-state index in [1.807, 2.05) is 24.3 Å². The Morgan fingerprint density at radius 2 is 1.67 bits per heavy atom. The van der Waals surface area contributed by atoms with Crippen molar-refractivity contribution in [1.29, 1.82) is 0 Å². The summed E-state index contributed by atoms with van der Waals surface area (Å²) >= 11 is 12.3. The minimum atomic E-state index is -0.262. The molecule has 0 aliphatic rings. The SMILES string of the molecule is Fc1ccc(COc2cccc(/C=N\NCc3c(Cl)cccc3Cl)c2)cc1. The highest BCUT2D eigenvalue weighted by Crippen LogP contribution is 2.23. The molecule has 3 aromatic carbocycles. The molecule has 0 aliphatic heterocycles. The zero-order valence-corrected chi connectivity index (χ0v) is 15.8. The summed E-state index contributed by atoms with van der Waals surface area (Å²) in [6, 6.07) is 19.1. The van der Waals surface area contributed by atoms with Crippen LogP contribution in [0.25, 0.3) is 0 Å². The number of hydrogen-bond donors (Lipinski definition) is 1. The summed E-state index contributed by atoms with van der Waals surface area (Å²) in [6.07, 6.45) is 1.69. The molecule has 3 nitrogen and oxygen atoms in total. The van der Waals surface area contributed by atoms with Crippen molar-refractivity contribution in [3.05, 3.63) is 99.3 Å². The van der Waals surface area contributed by atoms with Crippen molar-refractivity contribution in [3.63, 3.8) is 0 Å². The second kappa shape index (κ2) is 9.40. The van der Waals surface area contributed by atoms with Crippen molar-refractivity contribution < 1.29 is 9.13 Å². The Bertz CT molecular complexity index is 909. The van der Waals surface area contributed by atoms with Gasteiger partial charge in [-0.1, -0.05) is 53.5 Å².